The van der Waals surface area contributed by atoms with Gasteiger partial charge in [0.05, 0.1) is 0 Å². The molecule has 106 valence electrons. The summed E-state index contributed by atoms with van der Waals surface area (Å²) in [7, 11) is 0. The Balaban J connectivity index is 1.85. The molecule has 0 spiro atoms. The van der Waals surface area contributed by atoms with Crippen LogP contribution in [-0.2, 0) is 0 Å². The number of nitrogens with zero attached hydrogens (tertiary/aromatic N) is 1. The Morgan fingerprint density at radius 2 is 2.15 bits per heavy atom. The summed E-state index contributed by atoms with van der Waals surface area (Å²) in [6.45, 7) is 0.566. The molecule has 1 fully saturated rings. The number of hydrogen-bond donors (Lipinski definition) is 2. The van der Waals surface area contributed by atoms with Crippen LogP contribution in [0.1, 0.15) is 48.2 Å². The van der Waals surface area contributed by atoms with Crippen LogP contribution in [0.5, 0.6) is 0 Å². The molecule has 0 unspecified atom stereocenters. The Labute approximate surface area is 119 Å². The molecule has 20 heavy (non-hydrogen) atoms. The van der Waals surface area contributed by atoms with Crippen molar-refractivity contribution < 1.29 is 9.90 Å². The number of aliphatic hydroxyl groups excluding tert-OH is 1. The van der Waals surface area contributed by atoms with Gasteiger partial charge in [0.15, 0.2) is 0 Å². The number of nitrogens with one attached hydrogen (secondary N) is 1. The van der Waals surface area contributed by atoms with Crippen LogP contribution in [0.2, 0.25) is 0 Å². The molecule has 1 aromatic rings. The van der Waals surface area contributed by atoms with Crippen molar-refractivity contribution in [3.8, 4) is 11.8 Å². The van der Waals surface area contributed by atoms with Gasteiger partial charge in [0.1, 0.15) is 12.3 Å². The minimum atomic E-state index is -0.177. The first-order chi connectivity index (χ1) is 9.79. The van der Waals surface area contributed by atoms with E-state index in [0.717, 1.165) is 6.54 Å². The van der Waals surface area contributed by atoms with Gasteiger partial charge in [-0.1, -0.05) is 31.1 Å². The van der Waals surface area contributed by atoms with Gasteiger partial charge in [0.25, 0.3) is 5.91 Å². The van der Waals surface area contributed by atoms with Crippen LogP contribution in [0.3, 0.4) is 0 Å². The third kappa shape index (κ3) is 4.36. The lowest BCUT2D eigenvalue weighted by Crippen LogP contribution is -2.30. The van der Waals surface area contributed by atoms with Crippen molar-refractivity contribution in [3.05, 3.63) is 29.6 Å². The zero-order valence-corrected chi connectivity index (χ0v) is 11.6. The van der Waals surface area contributed by atoms with Crippen LogP contribution in [0.15, 0.2) is 18.3 Å². The molecule has 1 aliphatic carbocycles. The van der Waals surface area contributed by atoms with E-state index in [-0.39, 0.29) is 12.5 Å². The van der Waals surface area contributed by atoms with E-state index in [9.17, 15) is 4.79 Å². The molecule has 1 amide bonds. The lowest BCUT2D eigenvalue weighted by atomic mass is 9.89. The highest BCUT2D eigenvalue weighted by atomic mass is 16.2. The average molecular weight is 272 g/mol. The third-order valence-electron chi connectivity index (χ3n) is 3.58. The van der Waals surface area contributed by atoms with Crippen molar-refractivity contribution in [3.63, 3.8) is 0 Å². The number of carbonyl (C=O) groups excluding carboxylic acids is 1. The zero-order chi connectivity index (χ0) is 14.2. The lowest BCUT2D eigenvalue weighted by Gasteiger charge is -2.21. The predicted molar refractivity (Wildman–Crippen MR) is 77.1 cm³/mol. The van der Waals surface area contributed by atoms with Gasteiger partial charge in [0, 0.05) is 18.3 Å². The molecule has 1 aliphatic rings. The van der Waals surface area contributed by atoms with E-state index in [2.05, 4.69) is 22.1 Å². The van der Waals surface area contributed by atoms with Gasteiger partial charge in [-0.05, 0) is 30.9 Å². The zero-order valence-electron chi connectivity index (χ0n) is 11.6. The van der Waals surface area contributed by atoms with Gasteiger partial charge in [-0.3, -0.25) is 4.79 Å². The summed E-state index contributed by atoms with van der Waals surface area (Å²) in [5.74, 6) is 5.78. The highest BCUT2D eigenvalue weighted by Gasteiger charge is 2.15. The fourth-order valence-corrected chi connectivity index (χ4v) is 2.46. The van der Waals surface area contributed by atoms with Crippen LogP contribution in [-0.4, -0.2) is 29.1 Å². The average Bonchev–Trinajstić information content (AvgIpc) is 2.52. The summed E-state index contributed by atoms with van der Waals surface area (Å²) in [6, 6.07) is 3.41. The normalized spacial score (nSPS) is 15.2. The summed E-state index contributed by atoms with van der Waals surface area (Å²) in [5.41, 5.74) is 1.11. The summed E-state index contributed by atoms with van der Waals surface area (Å²) in [6.07, 6.45) is 7.85. The number of hydrogen-bond acceptors (Lipinski definition) is 3. The van der Waals surface area contributed by atoms with Gasteiger partial charge in [-0.15, -0.1) is 0 Å². The molecule has 2 N–H and O–H groups in total. The van der Waals surface area contributed by atoms with Crippen LogP contribution in [0.25, 0.3) is 0 Å². The fraction of sp³-hybridized carbons (Fsp3) is 0.500. The summed E-state index contributed by atoms with van der Waals surface area (Å²) in [5, 5.41) is 11.6. The van der Waals surface area contributed by atoms with E-state index < -0.39 is 0 Å². The molecule has 0 aromatic carbocycles. The van der Waals surface area contributed by atoms with Crippen molar-refractivity contribution in [2.24, 2.45) is 5.92 Å². The molecule has 0 bridgehead atoms. The van der Waals surface area contributed by atoms with E-state index >= 15 is 0 Å². The van der Waals surface area contributed by atoms with Crippen molar-refractivity contribution in [2.75, 3.05) is 13.2 Å². The molecule has 0 atom stereocenters. The first kappa shape index (κ1) is 14.5. The van der Waals surface area contributed by atoms with Gasteiger partial charge in [0.2, 0.25) is 0 Å². The van der Waals surface area contributed by atoms with E-state index in [4.69, 9.17) is 5.11 Å². The number of carbonyl (C=O) groups is 1. The van der Waals surface area contributed by atoms with Gasteiger partial charge >= 0.3 is 0 Å². The molecule has 1 saturated carbocycles. The second-order valence-corrected chi connectivity index (χ2v) is 5.11. The molecule has 4 nitrogen and oxygen atoms in total. The molecular weight excluding hydrogens is 252 g/mol. The van der Waals surface area contributed by atoms with E-state index in [1.165, 1.54) is 32.1 Å². The van der Waals surface area contributed by atoms with Crippen molar-refractivity contribution >= 4 is 5.91 Å². The van der Waals surface area contributed by atoms with Gasteiger partial charge < -0.3 is 10.4 Å². The van der Waals surface area contributed by atoms with E-state index in [1.807, 2.05) is 0 Å². The van der Waals surface area contributed by atoms with Crippen molar-refractivity contribution in [2.45, 2.75) is 32.1 Å². The topological polar surface area (TPSA) is 62.2 Å². The third-order valence-corrected chi connectivity index (χ3v) is 3.58. The first-order valence-corrected chi connectivity index (χ1v) is 7.13. The largest absolute Gasteiger partial charge is 0.384 e. The molecule has 4 heteroatoms. The standard InChI is InChI=1S/C16H20N2O2/c19-10-4-7-14-8-9-15(17-11-14)16(20)18-12-13-5-2-1-3-6-13/h8-9,11,13,19H,1-3,5-6,10,12H2,(H,18,20). The Kier molecular flexibility index (Phi) is 5.57. The van der Waals surface area contributed by atoms with Crippen LogP contribution < -0.4 is 5.32 Å². The van der Waals surface area contributed by atoms with Crippen molar-refractivity contribution in [1.82, 2.24) is 10.3 Å². The van der Waals surface area contributed by atoms with Crippen LogP contribution >= 0.6 is 0 Å². The minimum absolute atomic E-state index is 0.128. The SMILES string of the molecule is O=C(NCC1CCCCC1)c1ccc(C#CCO)cn1. The van der Waals surface area contributed by atoms with Gasteiger partial charge in [-0.2, -0.15) is 0 Å². The van der Waals surface area contributed by atoms with Crippen LogP contribution in [0, 0.1) is 17.8 Å². The number of pyridine rings is 1. The maximum Gasteiger partial charge on any atom is 0.269 e. The van der Waals surface area contributed by atoms with E-state index in [0.29, 0.717) is 17.2 Å². The van der Waals surface area contributed by atoms with Crippen LogP contribution in [0.4, 0.5) is 0 Å². The highest BCUT2D eigenvalue weighted by Crippen LogP contribution is 2.22. The number of aliphatic hydroxyl groups is 1. The number of rotatable bonds is 3. The molecule has 0 saturated heterocycles. The molecule has 1 aromatic heterocycles. The minimum Gasteiger partial charge on any atom is -0.384 e. The Morgan fingerprint density at radius 3 is 2.80 bits per heavy atom. The molecular formula is C16H20N2O2. The predicted octanol–water partition coefficient (Wildman–Crippen LogP) is 1.74. The second-order valence-electron chi connectivity index (χ2n) is 5.11. The molecule has 0 radical (unpaired) electrons. The highest BCUT2D eigenvalue weighted by molar-refractivity contribution is 5.92. The second kappa shape index (κ2) is 7.66. The molecule has 1 heterocycles. The molecule has 0 aliphatic heterocycles. The monoisotopic (exact) mass is 272 g/mol. The lowest BCUT2D eigenvalue weighted by molar-refractivity contribution is 0.0938. The van der Waals surface area contributed by atoms with E-state index in [1.54, 1.807) is 18.3 Å². The smallest absolute Gasteiger partial charge is 0.269 e. The van der Waals surface area contributed by atoms with Gasteiger partial charge in [-0.25, -0.2) is 4.98 Å². The maximum absolute atomic E-state index is 12.0. The Hall–Kier alpha value is -1.86. The molecule has 2 rings (SSSR count). The fourth-order valence-electron chi connectivity index (χ4n) is 2.46. The maximum atomic E-state index is 12.0. The number of amides is 1. The quantitative estimate of drug-likeness (QED) is 0.824. The summed E-state index contributed by atoms with van der Waals surface area (Å²) in [4.78, 5) is 16.1. The summed E-state index contributed by atoms with van der Waals surface area (Å²) < 4.78 is 0. The number of aromatic nitrogens is 1. The Morgan fingerprint density at radius 1 is 1.35 bits per heavy atom. The first-order valence-electron chi connectivity index (χ1n) is 7.13. The summed E-state index contributed by atoms with van der Waals surface area (Å²) >= 11 is 0. The van der Waals surface area contributed by atoms with Crippen molar-refractivity contribution in [1.29, 1.82) is 0 Å². The Bertz CT molecular complexity index is 493.